The maximum atomic E-state index is 2.65. The summed E-state index contributed by atoms with van der Waals surface area (Å²) >= 11 is 1.91. The van der Waals surface area contributed by atoms with Crippen LogP contribution in [0.15, 0.2) is 17.5 Å². The van der Waals surface area contributed by atoms with Gasteiger partial charge in [-0.05, 0) is 36.8 Å². The Bertz CT molecular complexity index is 266. The fourth-order valence-electron chi connectivity index (χ4n) is 2.32. The van der Waals surface area contributed by atoms with Crippen LogP contribution in [0.1, 0.15) is 37.6 Å². The van der Waals surface area contributed by atoms with Crippen molar-refractivity contribution < 1.29 is 0 Å². The van der Waals surface area contributed by atoms with Gasteiger partial charge in [0, 0.05) is 17.5 Å². The van der Waals surface area contributed by atoms with Crippen LogP contribution >= 0.6 is 11.3 Å². The number of rotatable bonds is 3. The van der Waals surface area contributed by atoms with E-state index in [0.717, 1.165) is 12.0 Å². The predicted octanol–water partition coefficient (Wildman–Crippen LogP) is 3.54. The van der Waals surface area contributed by atoms with Crippen molar-refractivity contribution in [3.8, 4) is 0 Å². The Morgan fingerprint density at radius 1 is 1.57 bits per heavy atom. The molecule has 2 heterocycles. The molecule has 1 aromatic rings. The second-order valence-electron chi connectivity index (χ2n) is 4.56. The minimum atomic E-state index is 0.720. The van der Waals surface area contributed by atoms with Crippen molar-refractivity contribution in [3.63, 3.8) is 0 Å². The zero-order chi connectivity index (χ0) is 9.97. The van der Waals surface area contributed by atoms with Gasteiger partial charge in [-0.1, -0.05) is 19.9 Å². The lowest BCUT2D eigenvalue weighted by Crippen LogP contribution is -2.26. The van der Waals surface area contributed by atoms with Crippen LogP contribution in [-0.2, 0) is 0 Å². The smallest absolute Gasteiger partial charge is 0.0442 e. The molecule has 0 radical (unpaired) electrons. The minimum Gasteiger partial charge on any atom is -0.295 e. The molecule has 1 atom stereocenters. The molecule has 0 saturated carbocycles. The summed E-state index contributed by atoms with van der Waals surface area (Å²) in [5.41, 5.74) is 0. The summed E-state index contributed by atoms with van der Waals surface area (Å²) in [6, 6.07) is 5.18. The van der Waals surface area contributed by atoms with E-state index in [4.69, 9.17) is 0 Å². The van der Waals surface area contributed by atoms with Crippen LogP contribution in [-0.4, -0.2) is 18.0 Å². The van der Waals surface area contributed by atoms with E-state index in [2.05, 4.69) is 36.3 Å². The molecule has 1 aliphatic rings. The molecule has 1 aromatic heterocycles. The van der Waals surface area contributed by atoms with Crippen molar-refractivity contribution in [2.45, 2.75) is 32.7 Å². The van der Waals surface area contributed by atoms with E-state index < -0.39 is 0 Å². The molecule has 2 heteroatoms. The van der Waals surface area contributed by atoms with E-state index in [1.807, 2.05) is 11.3 Å². The summed E-state index contributed by atoms with van der Waals surface area (Å²) in [6.45, 7) is 7.16. The third kappa shape index (κ3) is 2.18. The molecule has 1 fully saturated rings. The number of hydrogen-bond donors (Lipinski definition) is 0. The molecule has 0 amide bonds. The van der Waals surface area contributed by atoms with Crippen LogP contribution < -0.4 is 0 Å². The molecule has 0 spiro atoms. The number of thiophene rings is 1. The molecule has 0 aliphatic carbocycles. The average Bonchev–Trinajstić information content (AvgIpc) is 2.70. The Kier molecular flexibility index (Phi) is 3.24. The van der Waals surface area contributed by atoms with Crippen LogP contribution in [0.3, 0.4) is 0 Å². The van der Waals surface area contributed by atoms with Crippen molar-refractivity contribution in [3.05, 3.63) is 22.4 Å². The highest BCUT2D eigenvalue weighted by atomic mass is 32.1. The molecular weight excluding hydrogens is 190 g/mol. The zero-order valence-corrected chi connectivity index (χ0v) is 9.89. The molecule has 0 aromatic carbocycles. The van der Waals surface area contributed by atoms with Gasteiger partial charge in [-0.25, -0.2) is 0 Å². The van der Waals surface area contributed by atoms with Crippen molar-refractivity contribution in [1.29, 1.82) is 0 Å². The fraction of sp³-hybridized carbons (Fsp3) is 0.667. The van der Waals surface area contributed by atoms with Gasteiger partial charge >= 0.3 is 0 Å². The molecule has 1 saturated heterocycles. The molecule has 14 heavy (non-hydrogen) atoms. The summed E-state index contributed by atoms with van der Waals surface area (Å²) in [5.74, 6) is 0.788. The highest BCUT2D eigenvalue weighted by Gasteiger charge is 2.26. The summed E-state index contributed by atoms with van der Waals surface area (Å²) in [7, 11) is 0. The Balaban J connectivity index is 2.04. The van der Waals surface area contributed by atoms with Crippen LogP contribution in [0, 0.1) is 5.92 Å². The van der Waals surface area contributed by atoms with E-state index in [1.54, 1.807) is 4.88 Å². The topological polar surface area (TPSA) is 3.24 Å². The third-order valence-electron chi connectivity index (χ3n) is 2.83. The van der Waals surface area contributed by atoms with E-state index >= 15 is 0 Å². The van der Waals surface area contributed by atoms with Crippen LogP contribution in [0.25, 0.3) is 0 Å². The van der Waals surface area contributed by atoms with Crippen molar-refractivity contribution >= 4 is 11.3 Å². The Labute approximate surface area is 90.7 Å². The first-order valence-electron chi connectivity index (χ1n) is 5.55. The van der Waals surface area contributed by atoms with Crippen LogP contribution in [0.5, 0.6) is 0 Å². The molecule has 1 nitrogen and oxygen atoms in total. The standard InChI is InChI=1S/C12H19NS/c1-10(2)9-13-7-3-5-11(13)12-6-4-8-14-12/h4,6,8,10-11H,3,5,7,9H2,1-2H3/t11-/m1/s1. The lowest BCUT2D eigenvalue weighted by Gasteiger charge is -2.25. The monoisotopic (exact) mass is 209 g/mol. The first-order chi connectivity index (χ1) is 6.77. The van der Waals surface area contributed by atoms with Gasteiger partial charge in [-0.3, -0.25) is 4.90 Å². The minimum absolute atomic E-state index is 0.720. The lowest BCUT2D eigenvalue weighted by molar-refractivity contribution is 0.231. The maximum absolute atomic E-state index is 2.65. The number of likely N-dealkylation sites (tertiary alicyclic amines) is 1. The Hall–Kier alpha value is -0.340. The number of nitrogens with zero attached hydrogens (tertiary/aromatic N) is 1. The van der Waals surface area contributed by atoms with Crippen molar-refractivity contribution in [1.82, 2.24) is 4.90 Å². The van der Waals surface area contributed by atoms with E-state index in [1.165, 1.54) is 25.9 Å². The number of hydrogen-bond acceptors (Lipinski definition) is 2. The normalized spacial score (nSPS) is 23.5. The second kappa shape index (κ2) is 4.45. The highest BCUT2D eigenvalue weighted by molar-refractivity contribution is 7.10. The largest absolute Gasteiger partial charge is 0.295 e. The summed E-state index contributed by atoms with van der Waals surface area (Å²) < 4.78 is 0. The van der Waals surface area contributed by atoms with E-state index in [-0.39, 0.29) is 0 Å². The van der Waals surface area contributed by atoms with Gasteiger partial charge < -0.3 is 0 Å². The molecule has 1 aliphatic heterocycles. The van der Waals surface area contributed by atoms with Gasteiger partial charge in [-0.15, -0.1) is 11.3 Å². The second-order valence-corrected chi connectivity index (χ2v) is 5.54. The molecule has 0 unspecified atom stereocenters. The first-order valence-corrected chi connectivity index (χ1v) is 6.43. The quantitative estimate of drug-likeness (QED) is 0.736. The van der Waals surface area contributed by atoms with Crippen LogP contribution in [0.4, 0.5) is 0 Å². The third-order valence-corrected chi connectivity index (χ3v) is 3.81. The molecule has 78 valence electrons. The van der Waals surface area contributed by atoms with Crippen LogP contribution in [0.2, 0.25) is 0 Å². The molecular formula is C12H19NS. The summed E-state index contributed by atoms with van der Waals surface area (Å²) in [5, 5.41) is 2.20. The van der Waals surface area contributed by atoms with E-state index in [0.29, 0.717) is 0 Å². The van der Waals surface area contributed by atoms with Gasteiger partial charge in [0.1, 0.15) is 0 Å². The average molecular weight is 209 g/mol. The predicted molar refractivity (Wildman–Crippen MR) is 62.7 cm³/mol. The van der Waals surface area contributed by atoms with Gasteiger partial charge in [0.05, 0.1) is 0 Å². The Morgan fingerprint density at radius 2 is 2.43 bits per heavy atom. The summed E-state index contributed by atoms with van der Waals surface area (Å²) in [6.07, 6.45) is 2.72. The van der Waals surface area contributed by atoms with Crippen molar-refractivity contribution in [2.75, 3.05) is 13.1 Å². The zero-order valence-electron chi connectivity index (χ0n) is 9.07. The highest BCUT2D eigenvalue weighted by Crippen LogP contribution is 2.34. The molecule has 0 bridgehead atoms. The Morgan fingerprint density at radius 3 is 3.07 bits per heavy atom. The first kappa shape index (κ1) is 10.2. The van der Waals surface area contributed by atoms with Gasteiger partial charge in [0.25, 0.3) is 0 Å². The summed E-state index contributed by atoms with van der Waals surface area (Å²) in [4.78, 5) is 4.21. The maximum Gasteiger partial charge on any atom is 0.0442 e. The van der Waals surface area contributed by atoms with Gasteiger partial charge in [0.15, 0.2) is 0 Å². The van der Waals surface area contributed by atoms with Crippen molar-refractivity contribution in [2.24, 2.45) is 5.92 Å². The van der Waals surface area contributed by atoms with E-state index in [9.17, 15) is 0 Å². The SMILES string of the molecule is CC(C)CN1CCC[C@@H]1c1cccs1. The fourth-order valence-corrected chi connectivity index (χ4v) is 3.21. The van der Waals surface area contributed by atoms with Gasteiger partial charge in [0.2, 0.25) is 0 Å². The van der Waals surface area contributed by atoms with Gasteiger partial charge in [-0.2, -0.15) is 0 Å². The lowest BCUT2D eigenvalue weighted by atomic mass is 10.1. The molecule has 2 rings (SSSR count). The molecule has 0 N–H and O–H groups in total.